The Morgan fingerprint density at radius 2 is 0.673 bits per heavy atom. The third-order valence-corrected chi connectivity index (χ3v) is 22.0. The van der Waals surface area contributed by atoms with Crippen LogP contribution < -0.4 is 10.2 Å². The summed E-state index contributed by atoms with van der Waals surface area (Å²) in [6.45, 7) is 9.32. The molecule has 16 aromatic carbocycles. The van der Waals surface area contributed by atoms with Crippen molar-refractivity contribution >= 4 is 87.7 Å². The smallest absolute Gasteiger partial charge is 0.0534 e. The maximum Gasteiger partial charge on any atom is 0.0534 e. The van der Waals surface area contributed by atoms with E-state index in [9.17, 15) is 0 Å². The van der Waals surface area contributed by atoms with Crippen LogP contribution in [0.5, 0.6) is 0 Å². The van der Waals surface area contributed by atoms with Gasteiger partial charge in [0.15, 0.2) is 0 Å². The number of hydrogen-bond donors (Lipinski definition) is 1. The van der Waals surface area contributed by atoms with Crippen LogP contribution in [0, 0.1) is 0 Å². The van der Waals surface area contributed by atoms with E-state index in [1.165, 1.54) is 133 Å². The Kier molecular flexibility index (Phi) is 18.3. The van der Waals surface area contributed by atoms with Crippen molar-refractivity contribution in [1.29, 1.82) is 0 Å². The van der Waals surface area contributed by atoms with Crippen molar-refractivity contribution in [2.45, 2.75) is 38.5 Å². The van der Waals surface area contributed by atoms with Gasteiger partial charge in [-0.3, -0.25) is 0 Å². The van der Waals surface area contributed by atoms with Crippen LogP contribution in [-0.4, -0.2) is 9.13 Å². The standard InChI is InChI=1S/C51H38N2.C27H22BrN.C24H19N/c1-51(2)48-33-42(52-32-31-47-44-16-10-9-15-39(44)21-30-50(47)52)26-28-45(48)46-29-27-43(34-49(46)51)53(40-22-17-37(18-23-40)35-11-5-3-6-12-35)41-24-19-38(20-25-41)36-13-7-4-8-14-36;1-27(2,20-8-5-10-22(28)17-20)21-9-6-11-23(18-21)29-16-15-25-24-12-4-3-7-19(24)13-14-26(25)29;1-3-7-19(8-4-1)21-11-15-23(16-12-21)25-24-17-13-22(14-18-24)20-9-5-2-6-10-20/h3-34H,1-2H3;3-18H,1-2H3;1-18,25H. The second-order valence-corrected chi connectivity index (χ2v) is 29.7. The first-order valence-corrected chi connectivity index (χ1v) is 37.6. The number of halogens is 1. The fourth-order valence-electron chi connectivity index (χ4n) is 15.6. The van der Waals surface area contributed by atoms with Gasteiger partial charge in [0.05, 0.1) is 11.0 Å². The normalized spacial score (nSPS) is 12.0. The molecule has 0 bridgehead atoms. The zero-order chi connectivity index (χ0) is 72.4. The average Bonchev–Trinajstić information content (AvgIpc) is 1.56. The van der Waals surface area contributed by atoms with Crippen molar-refractivity contribution in [1.82, 2.24) is 9.13 Å². The van der Waals surface area contributed by atoms with E-state index in [2.05, 4.69) is 451 Å². The Bertz CT molecular complexity index is 6010. The van der Waals surface area contributed by atoms with E-state index in [-0.39, 0.29) is 10.8 Å². The Balaban J connectivity index is 0.000000131. The number of benzene rings is 16. The van der Waals surface area contributed by atoms with Gasteiger partial charge in [-0.2, -0.15) is 0 Å². The first kappa shape index (κ1) is 67.4. The zero-order valence-electron chi connectivity index (χ0n) is 60.3. The quantitative estimate of drug-likeness (QED) is 0.124. The van der Waals surface area contributed by atoms with Gasteiger partial charge in [-0.25, -0.2) is 0 Å². The van der Waals surface area contributed by atoms with Gasteiger partial charge < -0.3 is 19.4 Å². The third kappa shape index (κ3) is 13.5. The molecule has 107 heavy (non-hydrogen) atoms. The Labute approximate surface area is 635 Å². The van der Waals surface area contributed by atoms with Gasteiger partial charge in [-0.1, -0.05) is 311 Å². The SMILES string of the molecule is CC(C)(c1cccc(Br)c1)c1cccc(-n2ccc3c4ccccc4ccc32)c1.CC1(C)c2cc(N(c3ccc(-c4ccccc4)cc3)c3ccc(-c4ccccc4)cc3)ccc2-c2ccc(-n3ccc4c5ccccc5ccc43)cc21.c1ccc(-c2ccc(Nc3ccc(-c4ccccc4)cc3)cc2)cc1. The predicted molar refractivity (Wildman–Crippen MR) is 458 cm³/mol. The van der Waals surface area contributed by atoms with Crippen LogP contribution in [0.1, 0.15) is 49.9 Å². The van der Waals surface area contributed by atoms with Crippen molar-refractivity contribution in [2.24, 2.45) is 0 Å². The van der Waals surface area contributed by atoms with Crippen LogP contribution in [0.2, 0.25) is 0 Å². The van der Waals surface area contributed by atoms with Crippen molar-refractivity contribution in [3.05, 3.63) is 427 Å². The molecule has 0 atom stereocenters. The molecule has 1 aliphatic rings. The van der Waals surface area contributed by atoms with Gasteiger partial charge >= 0.3 is 0 Å². The van der Waals surface area contributed by atoms with Crippen LogP contribution in [0.25, 0.3) is 110 Å². The minimum absolute atomic E-state index is 0.0879. The van der Waals surface area contributed by atoms with Crippen molar-refractivity contribution in [3.63, 3.8) is 0 Å². The Morgan fingerprint density at radius 1 is 0.299 bits per heavy atom. The first-order chi connectivity index (χ1) is 52.4. The summed E-state index contributed by atoms with van der Waals surface area (Å²) < 4.78 is 5.75. The molecule has 0 fully saturated rings. The predicted octanol–water partition coefficient (Wildman–Crippen LogP) is 28.5. The zero-order valence-corrected chi connectivity index (χ0v) is 61.9. The van der Waals surface area contributed by atoms with Crippen molar-refractivity contribution in [3.8, 4) is 67.0 Å². The highest BCUT2D eigenvalue weighted by Gasteiger charge is 2.37. The monoisotopic (exact) mass is 1440 g/mol. The minimum Gasteiger partial charge on any atom is -0.356 e. The summed E-state index contributed by atoms with van der Waals surface area (Å²) in [6.07, 6.45) is 4.40. The molecule has 19 rings (SSSR count). The molecule has 0 saturated carbocycles. The molecule has 1 N–H and O–H groups in total. The van der Waals surface area contributed by atoms with Crippen LogP contribution in [-0.2, 0) is 10.8 Å². The van der Waals surface area contributed by atoms with E-state index in [4.69, 9.17) is 0 Å². The Morgan fingerprint density at radius 3 is 1.13 bits per heavy atom. The van der Waals surface area contributed by atoms with E-state index >= 15 is 0 Å². The number of aromatic nitrogens is 2. The number of nitrogens with one attached hydrogen (secondary N) is 1. The van der Waals surface area contributed by atoms with Gasteiger partial charge in [0, 0.05) is 78.3 Å². The maximum atomic E-state index is 3.62. The topological polar surface area (TPSA) is 25.1 Å². The number of fused-ring (bicyclic) bond motifs is 9. The lowest BCUT2D eigenvalue weighted by Gasteiger charge is -2.28. The molecule has 0 radical (unpaired) electrons. The molecule has 0 saturated heterocycles. The van der Waals surface area contributed by atoms with E-state index in [1.807, 2.05) is 12.1 Å². The van der Waals surface area contributed by atoms with E-state index < -0.39 is 0 Å². The molecular formula is C102H79BrN4. The summed E-state index contributed by atoms with van der Waals surface area (Å²) in [5.41, 5.74) is 27.8. The summed E-state index contributed by atoms with van der Waals surface area (Å²) >= 11 is 3.62. The van der Waals surface area contributed by atoms with Crippen LogP contribution in [0.3, 0.4) is 0 Å². The highest BCUT2D eigenvalue weighted by Crippen LogP contribution is 2.52. The average molecular weight is 1440 g/mol. The van der Waals surface area contributed by atoms with Crippen LogP contribution in [0.4, 0.5) is 28.4 Å². The molecular weight excluding hydrogens is 1360 g/mol. The fourth-order valence-corrected chi connectivity index (χ4v) is 16.0. The summed E-state index contributed by atoms with van der Waals surface area (Å²) in [4.78, 5) is 2.39. The molecule has 1 aliphatic carbocycles. The summed E-state index contributed by atoms with van der Waals surface area (Å²) in [7, 11) is 0. The van der Waals surface area contributed by atoms with Crippen molar-refractivity contribution < 1.29 is 0 Å². The molecule has 514 valence electrons. The number of anilines is 5. The molecule has 5 heteroatoms. The molecule has 0 spiro atoms. The van der Waals surface area contributed by atoms with Gasteiger partial charge in [-0.15, -0.1) is 0 Å². The summed E-state index contributed by atoms with van der Waals surface area (Å²) in [6, 6.07) is 139. The summed E-state index contributed by atoms with van der Waals surface area (Å²) in [5, 5.41) is 11.2. The fraction of sp³-hybridized carbons (Fsp3) is 0.0588. The van der Waals surface area contributed by atoms with E-state index in [1.54, 1.807) is 0 Å². The van der Waals surface area contributed by atoms with Gasteiger partial charge in [0.1, 0.15) is 0 Å². The highest BCUT2D eigenvalue weighted by molar-refractivity contribution is 9.10. The summed E-state index contributed by atoms with van der Waals surface area (Å²) in [5.74, 6) is 0. The lowest BCUT2D eigenvalue weighted by atomic mass is 9.78. The van der Waals surface area contributed by atoms with Gasteiger partial charge in [0.25, 0.3) is 0 Å². The molecule has 0 unspecified atom stereocenters. The molecule has 2 aromatic heterocycles. The minimum atomic E-state index is -0.188. The highest BCUT2D eigenvalue weighted by atomic mass is 79.9. The molecule has 4 nitrogen and oxygen atoms in total. The molecule has 0 amide bonds. The lowest BCUT2D eigenvalue weighted by molar-refractivity contribution is 0.640. The molecule has 0 aliphatic heterocycles. The number of hydrogen-bond acceptors (Lipinski definition) is 2. The second kappa shape index (κ2) is 29.0. The molecule has 18 aromatic rings. The van der Waals surface area contributed by atoms with Crippen LogP contribution in [0.15, 0.2) is 405 Å². The largest absolute Gasteiger partial charge is 0.356 e. The van der Waals surface area contributed by atoms with Gasteiger partial charge in [0.2, 0.25) is 0 Å². The second-order valence-electron chi connectivity index (χ2n) is 28.8. The third-order valence-electron chi connectivity index (χ3n) is 21.5. The van der Waals surface area contributed by atoms with Crippen LogP contribution >= 0.6 is 15.9 Å². The van der Waals surface area contributed by atoms with E-state index in [0.29, 0.717) is 0 Å². The Hall–Kier alpha value is -12.8. The van der Waals surface area contributed by atoms with Gasteiger partial charge in [-0.05, 0) is 221 Å². The maximum absolute atomic E-state index is 3.62. The number of nitrogens with zero attached hydrogens (tertiary/aromatic N) is 3. The van der Waals surface area contributed by atoms with Crippen molar-refractivity contribution in [2.75, 3.05) is 10.2 Å². The van der Waals surface area contributed by atoms with E-state index in [0.717, 1.165) is 32.9 Å². The first-order valence-electron chi connectivity index (χ1n) is 36.8. The molecule has 2 heterocycles. The lowest BCUT2D eigenvalue weighted by Crippen LogP contribution is -2.19. The number of rotatable bonds is 13.